The molecular weight excluding hydrogens is 420 g/mol. The zero-order valence-electron chi connectivity index (χ0n) is 18.0. The van der Waals surface area contributed by atoms with Crippen LogP contribution in [-0.2, 0) is 14.6 Å². The van der Waals surface area contributed by atoms with Gasteiger partial charge >= 0.3 is 6.09 Å². The molecule has 31 heavy (non-hydrogen) atoms. The molecule has 1 aliphatic rings. The number of nitrogens with one attached hydrogen (secondary N) is 1. The highest BCUT2D eigenvalue weighted by molar-refractivity contribution is 7.94. The third-order valence-electron chi connectivity index (χ3n) is 4.59. The second-order valence-electron chi connectivity index (χ2n) is 7.16. The maximum atomic E-state index is 11.8. The van der Waals surface area contributed by atoms with Gasteiger partial charge in [0.15, 0.2) is 11.5 Å². The fourth-order valence-corrected chi connectivity index (χ4v) is 3.54. The van der Waals surface area contributed by atoms with Gasteiger partial charge in [0.2, 0.25) is 0 Å². The normalized spacial score (nSPS) is 14.4. The second-order valence-corrected chi connectivity index (χ2v) is 7.94. The number of para-hydroxylation sites is 1. The first kappa shape index (κ1) is 22.6. The van der Waals surface area contributed by atoms with E-state index in [1.807, 2.05) is 50.2 Å². The molecule has 0 saturated carbocycles. The van der Waals surface area contributed by atoms with Gasteiger partial charge in [-0.2, -0.15) is 0 Å². The second kappa shape index (κ2) is 10.3. The summed E-state index contributed by atoms with van der Waals surface area (Å²) < 4.78 is 26.9. The molecule has 0 unspecified atom stereocenters. The standard InChI is InChI=1S/C22H26N2O6S/c1-22(2)16-8-7-9-18(20(16)24-21(25)29-22)28-13-6-5-12-23-30-31-15-10-11-17(26-3)19(14-15)27-4/h7-12,14H,5-6,13H2,1-4H3,(H,24,25). The maximum absolute atomic E-state index is 11.8. The number of anilines is 1. The molecule has 166 valence electrons. The number of carbonyl (C=O) groups excluding carboxylic acids is 1. The summed E-state index contributed by atoms with van der Waals surface area (Å²) in [5.41, 5.74) is 0.839. The van der Waals surface area contributed by atoms with Crippen LogP contribution in [0.2, 0.25) is 0 Å². The predicted molar refractivity (Wildman–Crippen MR) is 119 cm³/mol. The van der Waals surface area contributed by atoms with Gasteiger partial charge in [-0.25, -0.2) is 4.79 Å². The van der Waals surface area contributed by atoms with Crippen molar-refractivity contribution in [2.24, 2.45) is 5.16 Å². The van der Waals surface area contributed by atoms with E-state index in [0.29, 0.717) is 36.0 Å². The molecule has 0 atom stereocenters. The van der Waals surface area contributed by atoms with Gasteiger partial charge in [0.05, 0.1) is 31.4 Å². The highest BCUT2D eigenvalue weighted by Crippen LogP contribution is 2.40. The molecule has 2 aromatic carbocycles. The molecule has 1 N–H and O–H groups in total. The number of nitrogens with zero attached hydrogens (tertiary/aromatic N) is 1. The number of rotatable bonds is 10. The average Bonchev–Trinajstić information content (AvgIpc) is 2.75. The highest BCUT2D eigenvalue weighted by Gasteiger charge is 2.34. The molecular formula is C22H26N2O6S. The number of ether oxygens (including phenoxy) is 4. The van der Waals surface area contributed by atoms with Crippen molar-refractivity contribution in [2.45, 2.75) is 37.2 Å². The van der Waals surface area contributed by atoms with Crippen LogP contribution >= 0.6 is 12.0 Å². The van der Waals surface area contributed by atoms with Crippen LogP contribution in [-0.4, -0.2) is 33.1 Å². The molecule has 0 radical (unpaired) electrons. The monoisotopic (exact) mass is 446 g/mol. The van der Waals surface area contributed by atoms with Crippen molar-refractivity contribution in [3.8, 4) is 17.2 Å². The average molecular weight is 447 g/mol. The minimum Gasteiger partial charge on any atom is -0.493 e. The summed E-state index contributed by atoms with van der Waals surface area (Å²) in [6, 6.07) is 11.1. The van der Waals surface area contributed by atoms with Gasteiger partial charge in [0.25, 0.3) is 0 Å². The first-order valence-electron chi connectivity index (χ1n) is 9.78. The van der Waals surface area contributed by atoms with Crippen molar-refractivity contribution in [1.82, 2.24) is 0 Å². The molecule has 3 rings (SSSR count). The first-order chi connectivity index (χ1) is 14.9. The molecule has 0 aliphatic carbocycles. The number of cyclic esters (lactones) is 1. The lowest BCUT2D eigenvalue weighted by atomic mass is 9.94. The number of hydrogen-bond donors (Lipinski definition) is 1. The molecule has 9 heteroatoms. The van der Waals surface area contributed by atoms with Crippen LogP contribution in [0.3, 0.4) is 0 Å². The minimum atomic E-state index is -0.702. The molecule has 0 aromatic heterocycles. The summed E-state index contributed by atoms with van der Waals surface area (Å²) in [5.74, 6) is 1.91. The Labute approximate surface area is 186 Å². The molecule has 1 heterocycles. The van der Waals surface area contributed by atoms with Crippen molar-refractivity contribution in [1.29, 1.82) is 0 Å². The van der Waals surface area contributed by atoms with Crippen LogP contribution in [0.4, 0.5) is 10.5 Å². The van der Waals surface area contributed by atoms with Crippen LogP contribution < -0.4 is 19.5 Å². The first-order valence-corrected chi connectivity index (χ1v) is 10.5. The topological polar surface area (TPSA) is 87.6 Å². The van der Waals surface area contributed by atoms with E-state index in [-0.39, 0.29) is 0 Å². The van der Waals surface area contributed by atoms with E-state index in [4.69, 9.17) is 23.2 Å². The van der Waals surface area contributed by atoms with Crippen molar-refractivity contribution >= 4 is 30.0 Å². The molecule has 0 spiro atoms. The Bertz CT molecular complexity index is 948. The number of benzene rings is 2. The molecule has 1 amide bonds. The Hall–Kier alpha value is -3.07. The van der Waals surface area contributed by atoms with Gasteiger partial charge in [0.1, 0.15) is 23.4 Å². The molecule has 0 bridgehead atoms. The minimum absolute atomic E-state index is 0.475. The summed E-state index contributed by atoms with van der Waals surface area (Å²) in [7, 11) is 3.17. The third kappa shape index (κ3) is 5.75. The van der Waals surface area contributed by atoms with Gasteiger partial charge in [-0.15, -0.1) is 0 Å². The fourth-order valence-electron chi connectivity index (χ4n) is 3.07. The van der Waals surface area contributed by atoms with Crippen LogP contribution in [0.15, 0.2) is 46.4 Å². The van der Waals surface area contributed by atoms with E-state index in [0.717, 1.165) is 28.9 Å². The maximum Gasteiger partial charge on any atom is 0.412 e. The Morgan fingerprint density at radius 2 is 1.94 bits per heavy atom. The lowest BCUT2D eigenvalue weighted by molar-refractivity contribution is 0.0416. The Kier molecular flexibility index (Phi) is 7.51. The van der Waals surface area contributed by atoms with Crippen molar-refractivity contribution in [3.05, 3.63) is 42.0 Å². The smallest absolute Gasteiger partial charge is 0.412 e. The Morgan fingerprint density at radius 1 is 1.13 bits per heavy atom. The van der Waals surface area contributed by atoms with E-state index in [1.54, 1.807) is 20.4 Å². The summed E-state index contributed by atoms with van der Waals surface area (Å²) in [5, 5.41) is 6.68. The van der Waals surface area contributed by atoms with E-state index >= 15 is 0 Å². The summed E-state index contributed by atoms with van der Waals surface area (Å²) in [6.07, 6.45) is 2.63. The lowest BCUT2D eigenvalue weighted by Gasteiger charge is -2.33. The van der Waals surface area contributed by atoms with Crippen molar-refractivity contribution < 1.29 is 28.0 Å². The highest BCUT2D eigenvalue weighted by atomic mass is 32.2. The van der Waals surface area contributed by atoms with Gasteiger partial charge in [-0.1, -0.05) is 17.3 Å². The zero-order chi connectivity index (χ0) is 22.3. The molecule has 0 fully saturated rings. The predicted octanol–water partition coefficient (Wildman–Crippen LogP) is 5.37. The van der Waals surface area contributed by atoms with Crippen LogP contribution in [0.5, 0.6) is 17.2 Å². The van der Waals surface area contributed by atoms with Gasteiger partial charge in [-0.05, 0) is 44.9 Å². The van der Waals surface area contributed by atoms with Gasteiger partial charge < -0.3 is 23.2 Å². The van der Waals surface area contributed by atoms with E-state index < -0.39 is 11.7 Å². The lowest BCUT2D eigenvalue weighted by Crippen LogP contribution is -2.34. The van der Waals surface area contributed by atoms with Crippen LogP contribution in [0, 0.1) is 0 Å². The van der Waals surface area contributed by atoms with E-state index in [2.05, 4.69) is 10.5 Å². The van der Waals surface area contributed by atoms with Gasteiger partial charge in [-0.3, -0.25) is 5.32 Å². The number of methoxy groups -OCH3 is 2. The van der Waals surface area contributed by atoms with E-state index in [1.165, 1.54) is 0 Å². The third-order valence-corrected chi connectivity index (χ3v) is 5.20. The number of hydrogen-bond acceptors (Lipinski definition) is 8. The number of fused-ring (bicyclic) bond motifs is 1. The Balaban J connectivity index is 1.42. The zero-order valence-corrected chi connectivity index (χ0v) is 18.8. The summed E-state index contributed by atoms with van der Waals surface area (Å²) in [6.45, 7) is 4.18. The molecule has 8 nitrogen and oxygen atoms in total. The SMILES string of the molecule is COc1ccc(SON=CCCCOc2cccc3c2NC(=O)OC3(C)C)cc1OC. The number of amides is 1. The number of unbranched alkanes of at least 4 members (excludes halogenated alkanes) is 1. The van der Waals surface area contributed by atoms with Crippen LogP contribution in [0.1, 0.15) is 32.3 Å². The van der Waals surface area contributed by atoms with Crippen LogP contribution in [0.25, 0.3) is 0 Å². The van der Waals surface area contributed by atoms with Crippen molar-refractivity contribution in [3.63, 3.8) is 0 Å². The number of oxime groups is 1. The van der Waals surface area contributed by atoms with Crippen molar-refractivity contribution in [2.75, 3.05) is 26.1 Å². The number of carbonyl (C=O) groups is 1. The molecule has 0 saturated heterocycles. The fraction of sp³-hybridized carbons (Fsp3) is 0.364. The largest absolute Gasteiger partial charge is 0.493 e. The summed E-state index contributed by atoms with van der Waals surface area (Å²) >= 11 is 1.13. The van der Waals surface area contributed by atoms with Gasteiger partial charge in [0, 0.05) is 17.8 Å². The quantitative estimate of drug-likeness (QED) is 0.227. The van der Waals surface area contributed by atoms with E-state index in [9.17, 15) is 4.79 Å². The Morgan fingerprint density at radius 3 is 2.71 bits per heavy atom. The molecule has 2 aromatic rings. The summed E-state index contributed by atoms with van der Waals surface area (Å²) in [4.78, 5) is 12.7. The molecule has 1 aliphatic heterocycles.